The number of sulfonamides is 1. The molecule has 0 aromatic heterocycles. The lowest BCUT2D eigenvalue weighted by Crippen LogP contribution is -2.45. The molecular formula is C12H16FNO2S. The molecule has 17 heavy (non-hydrogen) atoms. The second-order valence-electron chi connectivity index (χ2n) is 5.03. The molecule has 0 amide bonds. The molecule has 5 heteroatoms. The highest BCUT2D eigenvalue weighted by Gasteiger charge is 2.41. The predicted molar refractivity (Wildman–Crippen MR) is 63.5 cm³/mol. The summed E-state index contributed by atoms with van der Waals surface area (Å²) in [6.07, 6.45) is 2.04. The second kappa shape index (κ2) is 4.07. The van der Waals surface area contributed by atoms with Crippen LogP contribution >= 0.6 is 0 Å². The first-order valence-corrected chi connectivity index (χ1v) is 7.10. The van der Waals surface area contributed by atoms with Gasteiger partial charge in [0, 0.05) is 5.54 Å². The first-order chi connectivity index (χ1) is 7.83. The number of halogens is 1. The van der Waals surface area contributed by atoms with E-state index in [-0.39, 0.29) is 4.90 Å². The minimum atomic E-state index is -3.78. The molecule has 2 rings (SSSR count). The lowest BCUT2D eigenvalue weighted by atomic mass is 10.0. The maximum Gasteiger partial charge on any atom is 0.243 e. The topological polar surface area (TPSA) is 46.2 Å². The van der Waals surface area contributed by atoms with Gasteiger partial charge < -0.3 is 0 Å². The van der Waals surface area contributed by atoms with Gasteiger partial charge in [-0.05, 0) is 44.7 Å². The summed E-state index contributed by atoms with van der Waals surface area (Å²) in [7, 11) is -3.78. The summed E-state index contributed by atoms with van der Waals surface area (Å²) in [4.78, 5) is -0.284. The second-order valence-corrected chi connectivity index (χ2v) is 6.68. The quantitative estimate of drug-likeness (QED) is 0.899. The van der Waals surface area contributed by atoms with Gasteiger partial charge in [0.15, 0.2) is 0 Å². The van der Waals surface area contributed by atoms with Gasteiger partial charge in [0.05, 0.1) is 0 Å². The largest absolute Gasteiger partial charge is 0.243 e. The van der Waals surface area contributed by atoms with Crippen LogP contribution in [0.4, 0.5) is 4.39 Å². The van der Waals surface area contributed by atoms with Crippen LogP contribution in [0.15, 0.2) is 29.2 Å². The molecule has 0 bridgehead atoms. The predicted octanol–water partition coefficient (Wildman–Crippen LogP) is 2.29. The van der Waals surface area contributed by atoms with Crippen LogP contribution in [0.1, 0.15) is 26.7 Å². The van der Waals surface area contributed by atoms with Gasteiger partial charge in [-0.1, -0.05) is 12.1 Å². The van der Waals surface area contributed by atoms with Gasteiger partial charge in [0.2, 0.25) is 10.0 Å². The van der Waals surface area contributed by atoms with Crippen LogP contribution in [-0.2, 0) is 10.0 Å². The average Bonchev–Trinajstić information content (AvgIpc) is 2.99. The van der Waals surface area contributed by atoms with Crippen molar-refractivity contribution in [3.8, 4) is 0 Å². The molecule has 0 spiro atoms. The molecule has 3 nitrogen and oxygen atoms in total. The fraction of sp³-hybridized carbons (Fsp3) is 0.500. The minimum absolute atomic E-state index is 0.284. The van der Waals surface area contributed by atoms with Crippen LogP contribution in [0.3, 0.4) is 0 Å². The highest BCUT2D eigenvalue weighted by molar-refractivity contribution is 7.89. The minimum Gasteiger partial charge on any atom is -0.207 e. The molecule has 0 unspecified atom stereocenters. The standard InChI is InChI=1S/C12H16FNO2S/c1-12(2,9-7-8-9)14-17(15,16)11-6-4-3-5-10(11)13/h3-6,9,14H,7-8H2,1-2H3. The number of rotatable bonds is 4. The fourth-order valence-electron chi connectivity index (χ4n) is 1.95. The van der Waals surface area contributed by atoms with E-state index in [0.717, 1.165) is 18.9 Å². The molecule has 0 heterocycles. The van der Waals surface area contributed by atoms with Crippen molar-refractivity contribution in [2.75, 3.05) is 0 Å². The van der Waals surface area contributed by atoms with Crippen molar-refractivity contribution in [2.24, 2.45) is 5.92 Å². The van der Waals surface area contributed by atoms with E-state index >= 15 is 0 Å². The summed E-state index contributed by atoms with van der Waals surface area (Å²) < 4.78 is 40.1. The zero-order valence-electron chi connectivity index (χ0n) is 9.90. The maximum atomic E-state index is 13.5. The van der Waals surface area contributed by atoms with Gasteiger partial charge >= 0.3 is 0 Å². The highest BCUT2D eigenvalue weighted by Crippen LogP contribution is 2.40. The Labute approximate surface area is 101 Å². The molecule has 0 saturated heterocycles. The van der Waals surface area contributed by atoms with E-state index in [1.165, 1.54) is 18.2 Å². The van der Waals surface area contributed by atoms with Crippen molar-refractivity contribution in [1.29, 1.82) is 0 Å². The third-order valence-electron chi connectivity index (χ3n) is 3.12. The van der Waals surface area contributed by atoms with Gasteiger partial charge in [0.25, 0.3) is 0 Å². The van der Waals surface area contributed by atoms with E-state index in [1.54, 1.807) is 0 Å². The Morgan fingerprint density at radius 3 is 2.41 bits per heavy atom. The molecule has 1 saturated carbocycles. The molecule has 0 atom stereocenters. The van der Waals surface area contributed by atoms with E-state index in [0.29, 0.717) is 5.92 Å². The summed E-state index contributed by atoms with van der Waals surface area (Å²) in [6.45, 7) is 3.67. The Hall–Kier alpha value is -0.940. The third-order valence-corrected chi connectivity index (χ3v) is 4.83. The Bertz CT molecular complexity index is 521. The average molecular weight is 257 g/mol. The summed E-state index contributed by atoms with van der Waals surface area (Å²) in [5.41, 5.74) is -0.513. The Balaban J connectivity index is 2.28. The SMILES string of the molecule is CC(C)(NS(=O)(=O)c1ccccc1F)C1CC1. The van der Waals surface area contributed by atoms with Crippen LogP contribution in [0, 0.1) is 11.7 Å². The summed E-state index contributed by atoms with van der Waals surface area (Å²) in [5.74, 6) is -0.365. The van der Waals surface area contributed by atoms with E-state index in [1.807, 2.05) is 13.8 Å². The Morgan fingerprint density at radius 2 is 1.88 bits per heavy atom. The van der Waals surface area contributed by atoms with Crippen molar-refractivity contribution in [3.63, 3.8) is 0 Å². The zero-order valence-corrected chi connectivity index (χ0v) is 10.7. The summed E-state index contributed by atoms with van der Waals surface area (Å²) in [6, 6.07) is 5.42. The number of nitrogens with one attached hydrogen (secondary N) is 1. The van der Waals surface area contributed by atoms with Crippen LogP contribution < -0.4 is 4.72 Å². The summed E-state index contributed by atoms with van der Waals surface area (Å²) >= 11 is 0. The van der Waals surface area contributed by atoms with Crippen molar-refractivity contribution in [2.45, 2.75) is 37.1 Å². The highest BCUT2D eigenvalue weighted by atomic mass is 32.2. The molecule has 0 radical (unpaired) electrons. The molecule has 1 aliphatic carbocycles. The van der Waals surface area contributed by atoms with Gasteiger partial charge in [-0.3, -0.25) is 0 Å². The number of hydrogen-bond acceptors (Lipinski definition) is 2. The first-order valence-electron chi connectivity index (χ1n) is 5.61. The smallest absolute Gasteiger partial charge is 0.207 e. The normalized spacial score (nSPS) is 17.1. The van der Waals surface area contributed by atoms with Gasteiger partial charge in [-0.15, -0.1) is 0 Å². The Morgan fingerprint density at radius 1 is 1.29 bits per heavy atom. The fourth-order valence-corrected chi connectivity index (χ4v) is 3.50. The van der Waals surface area contributed by atoms with Crippen molar-refractivity contribution in [3.05, 3.63) is 30.1 Å². The van der Waals surface area contributed by atoms with E-state index in [2.05, 4.69) is 4.72 Å². The van der Waals surface area contributed by atoms with E-state index < -0.39 is 21.4 Å². The lowest BCUT2D eigenvalue weighted by molar-refractivity contribution is 0.399. The molecular weight excluding hydrogens is 241 g/mol. The van der Waals surface area contributed by atoms with Crippen molar-refractivity contribution < 1.29 is 12.8 Å². The van der Waals surface area contributed by atoms with Crippen LogP contribution in [0.2, 0.25) is 0 Å². The van der Waals surface area contributed by atoms with Crippen molar-refractivity contribution >= 4 is 10.0 Å². The summed E-state index contributed by atoms with van der Waals surface area (Å²) in [5, 5.41) is 0. The zero-order chi connectivity index (χ0) is 12.7. The molecule has 1 aromatic rings. The molecule has 0 aliphatic heterocycles. The monoisotopic (exact) mass is 257 g/mol. The molecule has 1 aliphatic rings. The van der Waals surface area contributed by atoms with Gasteiger partial charge in [0.1, 0.15) is 10.7 Å². The lowest BCUT2D eigenvalue weighted by Gasteiger charge is -2.25. The number of hydrogen-bond donors (Lipinski definition) is 1. The van der Waals surface area contributed by atoms with Crippen LogP contribution in [0.25, 0.3) is 0 Å². The van der Waals surface area contributed by atoms with Gasteiger partial charge in [-0.2, -0.15) is 0 Å². The third kappa shape index (κ3) is 2.66. The van der Waals surface area contributed by atoms with Crippen molar-refractivity contribution in [1.82, 2.24) is 4.72 Å². The van der Waals surface area contributed by atoms with Crippen LogP contribution in [-0.4, -0.2) is 14.0 Å². The van der Waals surface area contributed by atoms with E-state index in [9.17, 15) is 12.8 Å². The maximum absolute atomic E-state index is 13.5. The van der Waals surface area contributed by atoms with Gasteiger partial charge in [-0.25, -0.2) is 17.5 Å². The molecule has 1 aromatic carbocycles. The van der Waals surface area contributed by atoms with Crippen LogP contribution in [0.5, 0.6) is 0 Å². The van der Waals surface area contributed by atoms with E-state index in [4.69, 9.17) is 0 Å². The molecule has 1 N–H and O–H groups in total. The number of benzene rings is 1. The first kappa shape index (κ1) is 12.5. The molecule has 1 fully saturated rings. The Kier molecular flexibility index (Phi) is 2.99. The molecule has 94 valence electrons.